The van der Waals surface area contributed by atoms with E-state index in [0.717, 1.165) is 12.0 Å². The lowest BCUT2D eigenvalue weighted by molar-refractivity contribution is -0.176. The fraction of sp³-hybridized carbons (Fsp3) is 0.579. The Balaban J connectivity index is 2.44. The number of esters is 1. The molecule has 1 aromatic carbocycles. The van der Waals surface area contributed by atoms with Crippen molar-refractivity contribution in [2.24, 2.45) is 5.41 Å². The zero-order chi connectivity index (χ0) is 18.1. The molecule has 1 atom stereocenters. The maximum Gasteiger partial charge on any atom is 0.311 e. The van der Waals surface area contributed by atoms with Crippen molar-refractivity contribution in [2.75, 3.05) is 12.4 Å². The first-order chi connectivity index (χ1) is 11.1. The number of alkyl halides is 1. The molecule has 0 radical (unpaired) electrons. The molecule has 132 valence electrons. The monoisotopic (exact) mass is 351 g/mol. The molecular weight excluding hydrogens is 326 g/mol. The first kappa shape index (κ1) is 18.8. The molecule has 4 nitrogen and oxygen atoms in total. The summed E-state index contributed by atoms with van der Waals surface area (Å²) in [6, 6.07) is 7.65. The zero-order valence-electron chi connectivity index (χ0n) is 15.1. The van der Waals surface area contributed by atoms with Crippen LogP contribution in [0.25, 0.3) is 0 Å². The van der Waals surface area contributed by atoms with Crippen molar-refractivity contribution in [3.63, 3.8) is 0 Å². The van der Waals surface area contributed by atoms with Crippen LogP contribution in [0.4, 0.5) is 0 Å². The summed E-state index contributed by atoms with van der Waals surface area (Å²) in [7, 11) is 0. The molecule has 1 aliphatic heterocycles. The number of halogens is 1. The Labute approximate surface area is 149 Å². The highest BCUT2D eigenvalue weighted by atomic mass is 35.5. The van der Waals surface area contributed by atoms with Gasteiger partial charge in [-0.1, -0.05) is 24.3 Å². The summed E-state index contributed by atoms with van der Waals surface area (Å²) in [5.74, 6) is -0.507. The van der Waals surface area contributed by atoms with Gasteiger partial charge in [-0.15, -0.1) is 11.6 Å². The molecule has 24 heavy (non-hydrogen) atoms. The zero-order valence-corrected chi connectivity index (χ0v) is 15.8. The van der Waals surface area contributed by atoms with Crippen molar-refractivity contribution in [1.29, 1.82) is 0 Å². The fourth-order valence-corrected chi connectivity index (χ4v) is 3.26. The number of benzene rings is 1. The first-order valence-electron chi connectivity index (χ1n) is 8.24. The highest BCUT2D eigenvalue weighted by Crippen LogP contribution is 2.40. The Bertz CT molecular complexity index is 634. The normalized spacial score (nSPS) is 18.1. The van der Waals surface area contributed by atoms with Gasteiger partial charge in [-0.05, 0) is 52.2 Å². The third-order valence-electron chi connectivity index (χ3n) is 4.34. The number of nitrogens with zero attached hydrogens (tertiary/aromatic N) is 1. The van der Waals surface area contributed by atoms with E-state index in [1.807, 2.05) is 52.8 Å². The number of carbonyl (C=O) groups excluding carboxylic acids is 2. The van der Waals surface area contributed by atoms with Gasteiger partial charge >= 0.3 is 5.97 Å². The molecule has 0 saturated carbocycles. The number of carbonyl (C=O) groups is 2. The van der Waals surface area contributed by atoms with Gasteiger partial charge < -0.3 is 9.64 Å². The Hall–Kier alpha value is -1.55. The number of hydrogen-bond acceptors (Lipinski definition) is 3. The van der Waals surface area contributed by atoms with E-state index in [0.29, 0.717) is 6.54 Å². The van der Waals surface area contributed by atoms with Gasteiger partial charge in [0.1, 0.15) is 11.5 Å². The average Bonchev–Trinajstić information content (AvgIpc) is 2.51. The molecule has 0 aromatic heterocycles. The van der Waals surface area contributed by atoms with Gasteiger partial charge in [0.15, 0.2) is 0 Å². The number of fused-ring (bicyclic) bond motifs is 1. The third-order valence-corrected chi connectivity index (χ3v) is 4.57. The summed E-state index contributed by atoms with van der Waals surface area (Å²) < 4.78 is 5.85. The topological polar surface area (TPSA) is 46.6 Å². The van der Waals surface area contributed by atoms with Crippen molar-refractivity contribution in [3.05, 3.63) is 35.4 Å². The summed E-state index contributed by atoms with van der Waals surface area (Å²) in [5.41, 5.74) is 0.741. The second-order valence-corrected chi connectivity index (χ2v) is 8.08. The molecule has 0 bridgehead atoms. The molecule has 5 heteroatoms. The average molecular weight is 352 g/mol. The van der Waals surface area contributed by atoms with Crippen LogP contribution >= 0.6 is 11.6 Å². The third kappa shape index (κ3) is 3.75. The van der Waals surface area contributed by atoms with E-state index >= 15 is 0 Å². The minimum Gasteiger partial charge on any atom is -0.457 e. The van der Waals surface area contributed by atoms with Crippen LogP contribution in [0.5, 0.6) is 0 Å². The molecule has 1 amide bonds. The Morgan fingerprint density at radius 3 is 2.42 bits per heavy atom. The van der Waals surface area contributed by atoms with Gasteiger partial charge in [0.2, 0.25) is 5.91 Å². The van der Waals surface area contributed by atoms with Crippen molar-refractivity contribution in [1.82, 2.24) is 4.90 Å². The van der Waals surface area contributed by atoms with Crippen LogP contribution in [0.15, 0.2) is 24.3 Å². The molecule has 1 aromatic rings. The maximum absolute atomic E-state index is 12.4. The molecule has 1 heterocycles. The van der Waals surface area contributed by atoms with E-state index in [1.54, 1.807) is 4.90 Å². The summed E-state index contributed by atoms with van der Waals surface area (Å²) in [6.07, 6.45) is 0.776. The highest BCUT2D eigenvalue weighted by molar-refractivity contribution is 6.27. The van der Waals surface area contributed by atoms with E-state index < -0.39 is 11.0 Å². The number of hydrogen-bond donors (Lipinski definition) is 0. The predicted molar refractivity (Wildman–Crippen MR) is 94.9 cm³/mol. The molecule has 0 spiro atoms. The Morgan fingerprint density at radius 2 is 1.83 bits per heavy atom. The molecule has 2 rings (SSSR count). The van der Waals surface area contributed by atoms with Crippen LogP contribution < -0.4 is 0 Å². The standard InChI is InChI=1S/C19H26ClNO3/c1-18(2,3)17(23)24-19(4,5)16-14-9-7-6-8-13(14)10-11-21(16)15(22)12-20/h6-9,16H,10-12H2,1-5H3. The lowest BCUT2D eigenvalue weighted by atomic mass is 9.83. The van der Waals surface area contributed by atoms with Crippen molar-refractivity contribution in [2.45, 2.75) is 52.7 Å². The molecule has 1 aliphatic rings. The second kappa shape index (κ2) is 6.75. The van der Waals surface area contributed by atoms with Crippen LogP contribution in [-0.4, -0.2) is 34.8 Å². The lowest BCUT2D eigenvalue weighted by Crippen LogP contribution is -2.52. The second-order valence-electron chi connectivity index (χ2n) is 7.82. The largest absolute Gasteiger partial charge is 0.457 e. The first-order valence-corrected chi connectivity index (χ1v) is 8.78. The van der Waals surface area contributed by atoms with Crippen LogP contribution in [0.1, 0.15) is 51.8 Å². The number of ether oxygens (including phenoxy) is 1. The van der Waals surface area contributed by atoms with E-state index in [-0.39, 0.29) is 23.8 Å². The van der Waals surface area contributed by atoms with Crippen LogP contribution in [0.3, 0.4) is 0 Å². The van der Waals surface area contributed by atoms with Gasteiger partial charge in [0.05, 0.1) is 11.5 Å². The maximum atomic E-state index is 12.4. The molecule has 0 aliphatic carbocycles. The SMILES string of the molecule is CC(C)(C)C(=O)OC(C)(C)C1c2ccccc2CCN1C(=O)CCl. The van der Waals surface area contributed by atoms with Gasteiger partial charge in [-0.2, -0.15) is 0 Å². The molecule has 1 unspecified atom stereocenters. The van der Waals surface area contributed by atoms with E-state index in [9.17, 15) is 9.59 Å². The van der Waals surface area contributed by atoms with Crippen molar-refractivity contribution in [3.8, 4) is 0 Å². The molecule has 0 N–H and O–H groups in total. The molecule has 0 fully saturated rings. The molecule has 0 saturated heterocycles. The minimum absolute atomic E-state index is 0.0814. The summed E-state index contributed by atoms with van der Waals surface area (Å²) in [5, 5.41) is 0. The fourth-order valence-electron chi connectivity index (χ4n) is 3.11. The summed E-state index contributed by atoms with van der Waals surface area (Å²) >= 11 is 5.81. The van der Waals surface area contributed by atoms with Gasteiger partial charge in [0, 0.05) is 6.54 Å². The quantitative estimate of drug-likeness (QED) is 0.616. The smallest absolute Gasteiger partial charge is 0.311 e. The number of rotatable bonds is 3. The Kier molecular flexibility index (Phi) is 5.28. The van der Waals surface area contributed by atoms with Gasteiger partial charge in [0.25, 0.3) is 0 Å². The van der Waals surface area contributed by atoms with Crippen LogP contribution in [0.2, 0.25) is 0 Å². The van der Waals surface area contributed by atoms with E-state index in [1.165, 1.54) is 5.56 Å². The van der Waals surface area contributed by atoms with E-state index in [4.69, 9.17) is 16.3 Å². The van der Waals surface area contributed by atoms with Gasteiger partial charge in [-0.3, -0.25) is 9.59 Å². The lowest BCUT2D eigenvalue weighted by Gasteiger charge is -2.45. The highest BCUT2D eigenvalue weighted by Gasteiger charge is 2.44. The van der Waals surface area contributed by atoms with Crippen LogP contribution in [0, 0.1) is 5.41 Å². The number of amides is 1. The minimum atomic E-state index is -0.859. The van der Waals surface area contributed by atoms with E-state index in [2.05, 4.69) is 6.07 Å². The van der Waals surface area contributed by atoms with Crippen LogP contribution in [-0.2, 0) is 20.7 Å². The Morgan fingerprint density at radius 1 is 1.21 bits per heavy atom. The van der Waals surface area contributed by atoms with Crippen molar-refractivity contribution < 1.29 is 14.3 Å². The van der Waals surface area contributed by atoms with Crippen molar-refractivity contribution >= 4 is 23.5 Å². The van der Waals surface area contributed by atoms with Gasteiger partial charge in [-0.25, -0.2) is 0 Å². The predicted octanol–water partition coefficient (Wildman–Crippen LogP) is 3.72. The summed E-state index contributed by atoms with van der Waals surface area (Å²) in [6.45, 7) is 9.76. The molecular formula is C19H26ClNO3. The summed E-state index contributed by atoms with van der Waals surface area (Å²) in [4.78, 5) is 26.5.